The van der Waals surface area contributed by atoms with Gasteiger partial charge in [0.1, 0.15) is 6.04 Å². The predicted molar refractivity (Wildman–Crippen MR) is 95.6 cm³/mol. The van der Waals surface area contributed by atoms with Gasteiger partial charge in [-0.1, -0.05) is 6.07 Å². The molecule has 23 heavy (non-hydrogen) atoms. The number of carbonyl (C=O) groups is 1. The quantitative estimate of drug-likeness (QED) is 0.844. The fourth-order valence-corrected chi connectivity index (χ4v) is 4.03. The first-order chi connectivity index (χ1) is 11.0. The summed E-state index contributed by atoms with van der Waals surface area (Å²) < 4.78 is 3.10. The molecular formula is C18H23BrN3O+. The molecule has 1 unspecified atom stereocenters. The number of halogens is 1. The number of amides is 1. The van der Waals surface area contributed by atoms with E-state index in [0.29, 0.717) is 12.6 Å². The van der Waals surface area contributed by atoms with E-state index in [1.165, 1.54) is 22.6 Å². The van der Waals surface area contributed by atoms with Crippen molar-refractivity contribution < 1.29 is 9.69 Å². The number of carbonyl (C=O) groups excluding carboxylic acids is 1. The lowest BCUT2D eigenvalue weighted by molar-refractivity contribution is -0.910. The third-order valence-corrected chi connectivity index (χ3v) is 5.27. The van der Waals surface area contributed by atoms with E-state index in [1.807, 2.05) is 25.1 Å². The molecule has 1 fully saturated rings. The normalized spacial score (nSPS) is 20.7. The molecule has 1 aliphatic heterocycles. The molecule has 1 aromatic heterocycles. The molecule has 2 heterocycles. The lowest BCUT2D eigenvalue weighted by Crippen LogP contribution is -3.11. The summed E-state index contributed by atoms with van der Waals surface area (Å²) in [4.78, 5) is 13.8. The third-order valence-electron chi connectivity index (χ3n) is 4.61. The zero-order chi connectivity index (χ0) is 16.4. The highest BCUT2D eigenvalue weighted by atomic mass is 79.9. The largest absolute Gasteiger partial charge is 0.350 e. The van der Waals surface area contributed by atoms with Gasteiger partial charge in [-0.25, -0.2) is 0 Å². The Balaban J connectivity index is 1.66. The first-order valence-corrected chi connectivity index (χ1v) is 8.85. The van der Waals surface area contributed by atoms with Gasteiger partial charge in [-0.2, -0.15) is 0 Å². The molecule has 2 aromatic rings. The number of rotatable bonds is 4. The van der Waals surface area contributed by atoms with Crippen LogP contribution in [0.5, 0.6) is 0 Å². The summed E-state index contributed by atoms with van der Waals surface area (Å²) in [5, 5.41) is 3.03. The minimum absolute atomic E-state index is 0.0747. The Morgan fingerprint density at radius 3 is 2.96 bits per heavy atom. The number of quaternary nitrogens is 1. The Labute approximate surface area is 145 Å². The Morgan fingerprint density at radius 1 is 1.43 bits per heavy atom. The number of aromatic nitrogens is 1. The number of nitrogens with one attached hydrogen (secondary N) is 2. The van der Waals surface area contributed by atoms with Gasteiger partial charge in [0, 0.05) is 30.6 Å². The van der Waals surface area contributed by atoms with Crippen LogP contribution in [-0.2, 0) is 11.8 Å². The van der Waals surface area contributed by atoms with Gasteiger partial charge in [0.05, 0.1) is 17.9 Å². The molecule has 122 valence electrons. The molecule has 5 heteroatoms. The van der Waals surface area contributed by atoms with Gasteiger partial charge in [0.2, 0.25) is 0 Å². The van der Waals surface area contributed by atoms with Crippen molar-refractivity contribution in [2.75, 3.05) is 18.4 Å². The van der Waals surface area contributed by atoms with Crippen LogP contribution in [0.2, 0.25) is 0 Å². The van der Waals surface area contributed by atoms with Crippen LogP contribution in [0.25, 0.3) is 0 Å². The van der Waals surface area contributed by atoms with E-state index >= 15 is 0 Å². The molecular weight excluding hydrogens is 354 g/mol. The van der Waals surface area contributed by atoms with Crippen LogP contribution in [0.3, 0.4) is 0 Å². The first-order valence-electron chi connectivity index (χ1n) is 8.06. The Bertz CT molecular complexity index is 710. The SMILES string of the molecule is Cc1ccc(NC(=O)C[NH+]2CCC[C@H]2c2cccn2C)c(Br)c1. The average molecular weight is 377 g/mol. The first kappa shape index (κ1) is 16.3. The number of aryl methyl sites for hydroxylation is 2. The summed E-state index contributed by atoms with van der Waals surface area (Å²) in [7, 11) is 2.08. The van der Waals surface area contributed by atoms with Crippen LogP contribution < -0.4 is 10.2 Å². The predicted octanol–water partition coefficient (Wildman–Crippen LogP) is 2.45. The summed E-state index contributed by atoms with van der Waals surface area (Å²) in [6, 6.07) is 10.6. The standard InChI is InChI=1S/C18H22BrN3O/c1-13-7-8-15(14(19)11-13)20-18(23)12-22-10-4-6-17(22)16-5-3-9-21(16)2/h3,5,7-9,11,17H,4,6,10,12H2,1-2H3,(H,20,23)/p+1/t17-/m0/s1. The Hall–Kier alpha value is -1.59. The molecule has 0 saturated carbocycles. The van der Waals surface area contributed by atoms with Crippen molar-refractivity contribution in [1.29, 1.82) is 0 Å². The minimum Gasteiger partial charge on any atom is -0.350 e. The minimum atomic E-state index is 0.0747. The second-order valence-electron chi connectivity index (χ2n) is 6.36. The molecule has 2 atom stereocenters. The van der Waals surface area contributed by atoms with Gasteiger partial charge in [-0.05, 0) is 52.7 Å². The average Bonchev–Trinajstić information content (AvgIpc) is 3.10. The lowest BCUT2D eigenvalue weighted by atomic mass is 10.1. The van der Waals surface area contributed by atoms with Gasteiger partial charge >= 0.3 is 0 Å². The topological polar surface area (TPSA) is 38.5 Å². The fraction of sp³-hybridized carbons (Fsp3) is 0.389. The Morgan fingerprint density at radius 2 is 2.26 bits per heavy atom. The van der Waals surface area contributed by atoms with Gasteiger partial charge in [0.25, 0.3) is 5.91 Å². The number of hydrogen-bond acceptors (Lipinski definition) is 1. The monoisotopic (exact) mass is 376 g/mol. The Kier molecular flexibility index (Phi) is 4.87. The van der Waals surface area contributed by atoms with Crippen molar-refractivity contribution in [2.45, 2.75) is 25.8 Å². The van der Waals surface area contributed by atoms with Crippen LogP contribution in [-0.4, -0.2) is 23.6 Å². The van der Waals surface area contributed by atoms with E-state index in [0.717, 1.165) is 23.1 Å². The summed E-state index contributed by atoms with van der Waals surface area (Å²) in [6.45, 7) is 3.60. The lowest BCUT2D eigenvalue weighted by Gasteiger charge is -2.21. The maximum atomic E-state index is 12.4. The highest BCUT2D eigenvalue weighted by molar-refractivity contribution is 9.10. The number of anilines is 1. The van der Waals surface area contributed by atoms with Crippen molar-refractivity contribution in [1.82, 2.24) is 4.57 Å². The molecule has 2 N–H and O–H groups in total. The van der Waals surface area contributed by atoms with E-state index in [1.54, 1.807) is 0 Å². The molecule has 0 spiro atoms. The molecule has 1 aromatic carbocycles. The number of hydrogen-bond donors (Lipinski definition) is 2. The van der Waals surface area contributed by atoms with E-state index < -0.39 is 0 Å². The van der Waals surface area contributed by atoms with Crippen molar-refractivity contribution in [3.05, 3.63) is 52.3 Å². The van der Waals surface area contributed by atoms with Crippen molar-refractivity contribution in [3.8, 4) is 0 Å². The molecule has 1 saturated heterocycles. The molecule has 0 radical (unpaired) electrons. The highest BCUT2D eigenvalue weighted by Gasteiger charge is 2.33. The molecule has 1 aliphatic rings. The van der Waals surface area contributed by atoms with Gasteiger partial charge in [0.15, 0.2) is 6.54 Å². The molecule has 3 rings (SSSR count). The smallest absolute Gasteiger partial charge is 0.279 e. The number of benzene rings is 1. The number of nitrogens with zero attached hydrogens (tertiary/aromatic N) is 1. The third kappa shape index (κ3) is 3.67. The van der Waals surface area contributed by atoms with Gasteiger partial charge in [-0.15, -0.1) is 0 Å². The molecule has 0 bridgehead atoms. The zero-order valence-corrected chi connectivity index (χ0v) is 15.2. The van der Waals surface area contributed by atoms with Crippen LogP contribution in [0.15, 0.2) is 41.0 Å². The summed E-state index contributed by atoms with van der Waals surface area (Å²) in [6.07, 6.45) is 4.40. The van der Waals surface area contributed by atoms with Gasteiger partial charge < -0.3 is 14.8 Å². The van der Waals surface area contributed by atoms with Crippen LogP contribution in [0, 0.1) is 6.92 Å². The van der Waals surface area contributed by atoms with E-state index in [-0.39, 0.29) is 5.91 Å². The molecule has 1 amide bonds. The van der Waals surface area contributed by atoms with E-state index in [9.17, 15) is 4.79 Å². The maximum absolute atomic E-state index is 12.4. The summed E-state index contributed by atoms with van der Waals surface area (Å²) >= 11 is 3.52. The van der Waals surface area contributed by atoms with Gasteiger partial charge in [-0.3, -0.25) is 4.79 Å². The molecule has 0 aliphatic carbocycles. The summed E-state index contributed by atoms with van der Waals surface area (Å²) in [5.41, 5.74) is 3.33. The number of likely N-dealkylation sites (tertiary alicyclic amines) is 1. The van der Waals surface area contributed by atoms with Crippen molar-refractivity contribution in [2.24, 2.45) is 7.05 Å². The second kappa shape index (κ2) is 6.89. The van der Waals surface area contributed by atoms with Crippen LogP contribution in [0.4, 0.5) is 5.69 Å². The zero-order valence-electron chi connectivity index (χ0n) is 13.6. The van der Waals surface area contributed by atoms with E-state index in [4.69, 9.17) is 0 Å². The maximum Gasteiger partial charge on any atom is 0.279 e. The van der Waals surface area contributed by atoms with Crippen molar-refractivity contribution in [3.63, 3.8) is 0 Å². The van der Waals surface area contributed by atoms with E-state index in [2.05, 4.69) is 51.2 Å². The molecule has 4 nitrogen and oxygen atoms in total. The second-order valence-corrected chi connectivity index (χ2v) is 7.21. The summed E-state index contributed by atoms with van der Waals surface area (Å²) in [5.74, 6) is 0.0747. The fourth-order valence-electron chi connectivity index (χ4n) is 3.44. The van der Waals surface area contributed by atoms with Crippen molar-refractivity contribution >= 4 is 27.5 Å². The van der Waals surface area contributed by atoms with Crippen LogP contribution in [0.1, 0.15) is 30.1 Å². The highest BCUT2D eigenvalue weighted by Crippen LogP contribution is 2.23. The van der Waals surface area contributed by atoms with Crippen LogP contribution >= 0.6 is 15.9 Å².